The largest absolute Gasteiger partial charge is 0.490 e. The summed E-state index contributed by atoms with van der Waals surface area (Å²) in [5.41, 5.74) is -1.39. The van der Waals surface area contributed by atoms with Crippen LogP contribution in [0.2, 0.25) is 0 Å². The van der Waals surface area contributed by atoms with Gasteiger partial charge in [-0.25, -0.2) is 9.18 Å². The van der Waals surface area contributed by atoms with Crippen LogP contribution >= 0.6 is 0 Å². The van der Waals surface area contributed by atoms with Crippen molar-refractivity contribution in [3.05, 3.63) is 35.1 Å². The van der Waals surface area contributed by atoms with Gasteiger partial charge in [-0.1, -0.05) is 6.07 Å². The van der Waals surface area contributed by atoms with E-state index in [9.17, 15) is 30.7 Å². The monoisotopic (exact) mass is 363 g/mol. The van der Waals surface area contributed by atoms with Crippen LogP contribution in [0.1, 0.15) is 11.1 Å². The van der Waals surface area contributed by atoms with Crippen molar-refractivity contribution in [2.75, 3.05) is 13.1 Å². The van der Waals surface area contributed by atoms with Crippen LogP contribution in [0.5, 0.6) is 0 Å². The first kappa shape index (κ1) is 20.2. The first-order chi connectivity index (χ1) is 10.9. The number of aliphatic carboxylic acids is 1. The number of benzene rings is 1. The van der Waals surface area contributed by atoms with Gasteiger partial charge in [-0.15, -0.1) is 0 Å². The van der Waals surface area contributed by atoms with Crippen LogP contribution in [0.4, 0.5) is 30.7 Å². The standard InChI is InChI=1S/C11H11F4NO.C2HF3O2/c12-10-3-1-2-9(11(13,14)15)8(10)6-17-7-4-16-5-7;3-2(4,5)1(6)7/h1-3,7,16H,4-6H2;(H,6,7). The second-order valence-electron chi connectivity index (χ2n) is 4.66. The highest BCUT2D eigenvalue weighted by atomic mass is 19.4. The third kappa shape index (κ3) is 5.96. The van der Waals surface area contributed by atoms with E-state index < -0.39 is 35.3 Å². The zero-order valence-electron chi connectivity index (χ0n) is 11.8. The molecule has 1 fully saturated rings. The van der Waals surface area contributed by atoms with Crippen molar-refractivity contribution in [3.8, 4) is 0 Å². The third-order valence-corrected chi connectivity index (χ3v) is 2.87. The molecule has 0 atom stereocenters. The van der Waals surface area contributed by atoms with E-state index in [1.165, 1.54) is 0 Å². The summed E-state index contributed by atoms with van der Waals surface area (Å²) in [4.78, 5) is 8.90. The number of carboxylic acid groups (broad SMARTS) is 1. The highest BCUT2D eigenvalue weighted by molar-refractivity contribution is 5.73. The first-order valence-corrected chi connectivity index (χ1v) is 6.40. The topological polar surface area (TPSA) is 58.6 Å². The smallest absolute Gasteiger partial charge is 0.475 e. The number of carboxylic acids is 1. The maximum absolute atomic E-state index is 13.4. The molecule has 1 aliphatic heterocycles. The van der Waals surface area contributed by atoms with E-state index in [2.05, 4.69) is 5.32 Å². The van der Waals surface area contributed by atoms with E-state index in [-0.39, 0.29) is 12.7 Å². The lowest BCUT2D eigenvalue weighted by molar-refractivity contribution is -0.192. The van der Waals surface area contributed by atoms with E-state index in [1.807, 2.05) is 0 Å². The van der Waals surface area contributed by atoms with E-state index in [0.29, 0.717) is 13.1 Å². The minimum absolute atomic E-state index is 0.129. The van der Waals surface area contributed by atoms with Gasteiger partial charge in [-0.05, 0) is 12.1 Å². The van der Waals surface area contributed by atoms with Crippen LogP contribution < -0.4 is 5.32 Å². The van der Waals surface area contributed by atoms with Crippen molar-refractivity contribution in [1.29, 1.82) is 0 Å². The maximum atomic E-state index is 13.4. The van der Waals surface area contributed by atoms with Crippen LogP contribution in [0, 0.1) is 5.82 Å². The molecule has 24 heavy (non-hydrogen) atoms. The number of carbonyl (C=O) groups is 1. The molecule has 0 unspecified atom stereocenters. The van der Waals surface area contributed by atoms with Gasteiger partial charge in [0.15, 0.2) is 0 Å². The van der Waals surface area contributed by atoms with Gasteiger partial charge in [-0.3, -0.25) is 0 Å². The zero-order valence-corrected chi connectivity index (χ0v) is 11.8. The Morgan fingerprint density at radius 1 is 1.21 bits per heavy atom. The number of halogens is 7. The van der Waals surface area contributed by atoms with Gasteiger partial charge in [0.05, 0.1) is 18.3 Å². The minimum atomic E-state index is -5.08. The van der Waals surface area contributed by atoms with Gasteiger partial charge in [0.1, 0.15) is 5.82 Å². The Labute approximate surface area is 131 Å². The Morgan fingerprint density at radius 3 is 2.12 bits per heavy atom. The summed E-state index contributed by atoms with van der Waals surface area (Å²) in [5, 5.41) is 10.0. The Hall–Kier alpha value is -1.88. The molecule has 1 aromatic rings. The van der Waals surface area contributed by atoms with Crippen LogP contribution in [-0.4, -0.2) is 36.4 Å². The van der Waals surface area contributed by atoms with Gasteiger partial charge >= 0.3 is 18.3 Å². The number of hydrogen-bond acceptors (Lipinski definition) is 3. The van der Waals surface area contributed by atoms with Gasteiger partial charge in [0, 0.05) is 18.7 Å². The lowest BCUT2D eigenvalue weighted by Crippen LogP contribution is -2.48. The summed E-state index contributed by atoms with van der Waals surface area (Å²) in [5.74, 6) is -3.64. The summed E-state index contributed by atoms with van der Waals surface area (Å²) in [6.45, 7) is 0.833. The predicted molar refractivity (Wildman–Crippen MR) is 66.5 cm³/mol. The van der Waals surface area contributed by atoms with E-state index in [4.69, 9.17) is 14.6 Å². The minimum Gasteiger partial charge on any atom is -0.475 e. The normalized spacial score (nSPS) is 15.3. The fourth-order valence-electron chi connectivity index (χ4n) is 1.55. The highest BCUT2D eigenvalue weighted by Gasteiger charge is 2.38. The quantitative estimate of drug-likeness (QED) is 0.811. The van der Waals surface area contributed by atoms with Crippen molar-refractivity contribution in [1.82, 2.24) is 5.32 Å². The molecule has 2 rings (SSSR count). The molecule has 0 radical (unpaired) electrons. The Kier molecular flexibility index (Phi) is 6.55. The zero-order chi connectivity index (χ0) is 18.5. The SMILES string of the molecule is Fc1cccc(C(F)(F)F)c1COC1CNC1.O=C(O)C(F)(F)F. The molecule has 1 aromatic carbocycles. The summed E-state index contributed by atoms with van der Waals surface area (Å²) in [6, 6.07) is 2.92. The molecule has 0 amide bonds. The van der Waals surface area contributed by atoms with Crippen LogP contribution in [-0.2, 0) is 22.3 Å². The molecular formula is C13H12F7NO3. The molecule has 0 aromatic heterocycles. The van der Waals surface area contributed by atoms with E-state index >= 15 is 0 Å². The fourth-order valence-corrected chi connectivity index (χ4v) is 1.55. The molecular weight excluding hydrogens is 351 g/mol. The van der Waals surface area contributed by atoms with Crippen molar-refractivity contribution in [2.45, 2.75) is 25.1 Å². The maximum Gasteiger partial charge on any atom is 0.490 e. The molecule has 1 aliphatic rings. The van der Waals surface area contributed by atoms with Gasteiger partial charge < -0.3 is 15.2 Å². The highest BCUT2D eigenvalue weighted by Crippen LogP contribution is 2.33. The molecule has 2 N–H and O–H groups in total. The van der Waals surface area contributed by atoms with Crippen LogP contribution in [0.3, 0.4) is 0 Å². The van der Waals surface area contributed by atoms with Crippen LogP contribution in [0.15, 0.2) is 18.2 Å². The van der Waals surface area contributed by atoms with Crippen molar-refractivity contribution >= 4 is 5.97 Å². The van der Waals surface area contributed by atoms with Crippen molar-refractivity contribution in [3.63, 3.8) is 0 Å². The van der Waals surface area contributed by atoms with Gasteiger partial charge in [0.25, 0.3) is 0 Å². The van der Waals surface area contributed by atoms with E-state index in [0.717, 1.165) is 18.2 Å². The second-order valence-corrected chi connectivity index (χ2v) is 4.66. The molecule has 4 nitrogen and oxygen atoms in total. The van der Waals surface area contributed by atoms with E-state index in [1.54, 1.807) is 0 Å². The lowest BCUT2D eigenvalue weighted by Gasteiger charge is -2.27. The number of ether oxygens (including phenoxy) is 1. The van der Waals surface area contributed by atoms with Crippen molar-refractivity contribution in [2.24, 2.45) is 0 Å². The summed E-state index contributed by atoms with van der Waals surface area (Å²) in [6.07, 6.45) is -9.77. The summed E-state index contributed by atoms with van der Waals surface area (Å²) < 4.78 is 88.1. The average molecular weight is 363 g/mol. The molecule has 1 heterocycles. The van der Waals surface area contributed by atoms with Gasteiger partial charge in [-0.2, -0.15) is 26.3 Å². The number of hydrogen-bond donors (Lipinski definition) is 2. The predicted octanol–water partition coefficient (Wildman–Crippen LogP) is 2.97. The number of rotatable bonds is 3. The molecule has 1 saturated heterocycles. The second kappa shape index (κ2) is 7.79. The Balaban J connectivity index is 0.000000351. The van der Waals surface area contributed by atoms with Gasteiger partial charge in [0.2, 0.25) is 0 Å². The number of alkyl halides is 6. The Morgan fingerprint density at radius 2 is 1.75 bits per heavy atom. The third-order valence-electron chi connectivity index (χ3n) is 2.87. The molecule has 136 valence electrons. The molecule has 0 aliphatic carbocycles. The molecule has 0 bridgehead atoms. The fraction of sp³-hybridized carbons (Fsp3) is 0.462. The summed E-state index contributed by atoms with van der Waals surface area (Å²) in [7, 11) is 0. The molecule has 0 saturated carbocycles. The van der Waals surface area contributed by atoms with Crippen molar-refractivity contribution < 1.29 is 45.4 Å². The van der Waals surface area contributed by atoms with Crippen LogP contribution in [0.25, 0.3) is 0 Å². The average Bonchev–Trinajstić information content (AvgIpc) is 2.37. The molecule has 11 heteroatoms. The Bertz CT molecular complexity index is 568. The number of nitrogens with one attached hydrogen (secondary N) is 1. The lowest BCUT2D eigenvalue weighted by atomic mass is 10.1. The first-order valence-electron chi connectivity index (χ1n) is 6.40. The summed E-state index contributed by atoms with van der Waals surface area (Å²) >= 11 is 0. The molecule has 0 spiro atoms.